The van der Waals surface area contributed by atoms with Crippen molar-refractivity contribution in [3.63, 3.8) is 0 Å². The molecule has 0 aliphatic carbocycles. The van der Waals surface area contributed by atoms with Gasteiger partial charge in [-0.1, -0.05) is 62.1 Å². The van der Waals surface area contributed by atoms with Crippen molar-refractivity contribution in [2.75, 3.05) is 0 Å². The van der Waals surface area contributed by atoms with Gasteiger partial charge in [0.1, 0.15) is 23.0 Å². The Bertz CT molecular complexity index is 1160. The number of carbonyl (C=O) groups is 2. The molecule has 0 unspecified atom stereocenters. The standard InChI is InChI=1S/C34H34O4/c35-33(27-19-23-31(24-20-27)37-29-13-7-5-8-14-29)17-11-3-1-2-4-12-18-34(36)28-21-25-32(26-22-28)38-30-15-9-6-10-16-30/h5-10,13-16,19-26H,1-4,11-12,17-18H2. The topological polar surface area (TPSA) is 52.6 Å². The first-order chi connectivity index (χ1) is 18.7. The lowest BCUT2D eigenvalue weighted by Crippen LogP contribution is -1.99. The van der Waals surface area contributed by atoms with Crippen LogP contribution in [0.1, 0.15) is 72.1 Å². The van der Waals surface area contributed by atoms with Crippen molar-refractivity contribution in [2.24, 2.45) is 0 Å². The summed E-state index contributed by atoms with van der Waals surface area (Å²) in [6.45, 7) is 0. The third kappa shape index (κ3) is 8.74. The average molecular weight is 507 g/mol. The summed E-state index contributed by atoms with van der Waals surface area (Å²) < 4.78 is 11.6. The van der Waals surface area contributed by atoms with Crippen LogP contribution in [0.4, 0.5) is 0 Å². The van der Waals surface area contributed by atoms with Gasteiger partial charge in [-0.15, -0.1) is 0 Å². The number of hydrogen-bond acceptors (Lipinski definition) is 4. The first-order valence-electron chi connectivity index (χ1n) is 13.4. The maximum absolute atomic E-state index is 12.5. The summed E-state index contributed by atoms with van der Waals surface area (Å²) in [7, 11) is 0. The summed E-state index contributed by atoms with van der Waals surface area (Å²) in [6, 6.07) is 33.9. The molecule has 4 nitrogen and oxygen atoms in total. The van der Waals surface area contributed by atoms with E-state index in [1.54, 1.807) is 0 Å². The lowest BCUT2D eigenvalue weighted by molar-refractivity contribution is 0.0969. The number of Topliss-reactive ketones (excluding diaryl/α,β-unsaturated/α-hetero) is 2. The molecule has 0 aromatic heterocycles. The highest BCUT2D eigenvalue weighted by atomic mass is 16.5. The van der Waals surface area contributed by atoms with Gasteiger partial charge in [0.25, 0.3) is 0 Å². The van der Waals surface area contributed by atoms with Gasteiger partial charge in [0.05, 0.1) is 0 Å². The maximum Gasteiger partial charge on any atom is 0.162 e. The fourth-order valence-electron chi connectivity index (χ4n) is 4.23. The highest BCUT2D eigenvalue weighted by Crippen LogP contribution is 2.23. The second kappa shape index (κ2) is 14.5. The Morgan fingerprint density at radius 3 is 1.08 bits per heavy atom. The second-order valence-electron chi connectivity index (χ2n) is 9.35. The van der Waals surface area contributed by atoms with Crippen molar-refractivity contribution in [1.29, 1.82) is 0 Å². The molecule has 4 aromatic rings. The van der Waals surface area contributed by atoms with Crippen LogP contribution in [0.3, 0.4) is 0 Å². The number of unbranched alkanes of at least 4 members (excludes halogenated alkanes) is 5. The predicted octanol–water partition coefficient (Wildman–Crippen LogP) is 9.46. The van der Waals surface area contributed by atoms with Crippen LogP contribution >= 0.6 is 0 Å². The highest BCUT2D eigenvalue weighted by Gasteiger charge is 2.08. The molecule has 0 radical (unpaired) electrons. The molecule has 0 bridgehead atoms. The zero-order chi connectivity index (χ0) is 26.4. The monoisotopic (exact) mass is 506 g/mol. The maximum atomic E-state index is 12.5. The third-order valence-corrected chi connectivity index (χ3v) is 6.37. The van der Waals surface area contributed by atoms with Crippen LogP contribution in [0.15, 0.2) is 109 Å². The molecule has 0 heterocycles. The fraction of sp³-hybridized carbons (Fsp3) is 0.235. The van der Waals surface area contributed by atoms with Gasteiger partial charge in [-0.3, -0.25) is 9.59 Å². The van der Waals surface area contributed by atoms with E-state index in [1.807, 2.05) is 109 Å². The van der Waals surface area contributed by atoms with E-state index in [0.29, 0.717) is 12.8 Å². The van der Waals surface area contributed by atoms with Crippen LogP contribution in [0.25, 0.3) is 0 Å². The molecule has 0 N–H and O–H groups in total. The molecule has 0 saturated heterocycles. The van der Waals surface area contributed by atoms with E-state index in [2.05, 4.69) is 0 Å². The van der Waals surface area contributed by atoms with Crippen molar-refractivity contribution in [1.82, 2.24) is 0 Å². The molecular formula is C34H34O4. The van der Waals surface area contributed by atoms with Crippen molar-refractivity contribution in [3.05, 3.63) is 120 Å². The molecule has 0 aliphatic heterocycles. The Morgan fingerprint density at radius 2 is 0.711 bits per heavy atom. The summed E-state index contributed by atoms with van der Waals surface area (Å²) >= 11 is 0. The van der Waals surface area contributed by atoms with Crippen LogP contribution in [0, 0.1) is 0 Å². The molecular weight excluding hydrogens is 472 g/mol. The van der Waals surface area contributed by atoms with Gasteiger partial charge in [0.2, 0.25) is 0 Å². The van der Waals surface area contributed by atoms with E-state index in [1.165, 1.54) is 0 Å². The number of rotatable bonds is 15. The minimum atomic E-state index is 0.169. The van der Waals surface area contributed by atoms with Crippen LogP contribution in [-0.2, 0) is 0 Å². The fourth-order valence-corrected chi connectivity index (χ4v) is 4.23. The zero-order valence-corrected chi connectivity index (χ0v) is 21.7. The molecule has 4 rings (SSSR count). The molecule has 4 heteroatoms. The van der Waals surface area contributed by atoms with Crippen LogP contribution < -0.4 is 9.47 Å². The molecule has 0 amide bonds. The minimum Gasteiger partial charge on any atom is -0.457 e. The van der Waals surface area contributed by atoms with Gasteiger partial charge in [-0.05, 0) is 85.6 Å². The Kier molecular flexibility index (Phi) is 10.3. The number of ketones is 2. The van der Waals surface area contributed by atoms with Crippen LogP contribution in [-0.4, -0.2) is 11.6 Å². The van der Waals surface area contributed by atoms with Gasteiger partial charge < -0.3 is 9.47 Å². The number of carbonyl (C=O) groups excluding carboxylic acids is 2. The summed E-state index contributed by atoms with van der Waals surface area (Å²) in [5.74, 6) is 3.34. The van der Waals surface area contributed by atoms with Gasteiger partial charge >= 0.3 is 0 Å². The highest BCUT2D eigenvalue weighted by molar-refractivity contribution is 5.96. The summed E-state index contributed by atoms with van der Waals surface area (Å²) in [6.07, 6.45) is 7.10. The van der Waals surface area contributed by atoms with Crippen LogP contribution in [0.2, 0.25) is 0 Å². The molecule has 0 aliphatic rings. The lowest BCUT2D eigenvalue weighted by Gasteiger charge is -2.07. The zero-order valence-electron chi connectivity index (χ0n) is 21.7. The average Bonchev–Trinajstić information content (AvgIpc) is 2.96. The number of hydrogen-bond donors (Lipinski definition) is 0. The van der Waals surface area contributed by atoms with Gasteiger partial charge in [0, 0.05) is 24.0 Å². The number of benzene rings is 4. The van der Waals surface area contributed by atoms with E-state index in [-0.39, 0.29) is 11.6 Å². The predicted molar refractivity (Wildman–Crippen MR) is 152 cm³/mol. The largest absolute Gasteiger partial charge is 0.457 e. The second-order valence-corrected chi connectivity index (χ2v) is 9.35. The minimum absolute atomic E-state index is 0.169. The van der Waals surface area contributed by atoms with Crippen molar-refractivity contribution in [2.45, 2.75) is 51.4 Å². The van der Waals surface area contributed by atoms with Crippen LogP contribution in [0.5, 0.6) is 23.0 Å². The molecule has 194 valence electrons. The lowest BCUT2D eigenvalue weighted by atomic mass is 10.0. The summed E-state index contributed by atoms with van der Waals surface area (Å²) in [5.41, 5.74) is 1.45. The first-order valence-corrected chi connectivity index (χ1v) is 13.4. The smallest absolute Gasteiger partial charge is 0.162 e. The van der Waals surface area contributed by atoms with Gasteiger partial charge in [-0.25, -0.2) is 0 Å². The summed E-state index contributed by atoms with van der Waals surface area (Å²) in [5, 5.41) is 0. The number of ether oxygens (including phenoxy) is 2. The van der Waals surface area contributed by atoms with Crippen molar-refractivity contribution in [3.8, 4) is 23.0 Å². The van der Waals surface area contributed by atoms with Gasteiger partial charge in [0.15, 0.2) is 11.6 Å². The van der Waals surface area contributed by atoms with E-state index in [9.17, 15) is 9.59 Å². The molecule has 38 heavy (non-hydrogen) atoms. The quantitative estimate of drug-likeness (QED) is 0.119. The third-order valence-electron chi connectivity index (χ3n) is 6.37. The molecule has 0 spiro atoms. The Morgan fingerprint density at radius 1 is 0.395 bits per heavy atom. The van der Waals surface area contributed by atoms with Crippen molar-refractivity contribution >= 4 is 11.6 Å². The normalized spacial score (nSPS) is 10.6. The van der Waals surface area contributed by atoms with E-state index >= 15 is 0 Å². The van der Waals surface area contributed by atoms with E-state index < -0.39 is 0 Å². The molecule has 4 aromatic carbocycles. The molecule has 0 atom stereocenters. The Labute approximate surface area is 225 Å². The van der Waals surface area contributed by atoms with E-state index in [4.69, 9.17) is 9.47 Å². The summed E-state index contributed by atoms with van der Waals surface area (Å²) in [4.78, 5) is 25.0. The van der Waals surface area contributed by atoms with Gasteiger partial charge in [-0.2, -0.15) is 0 Å². The molecule has 0 saturated carbocycles. The first kappa shape index (κ1) is 26.9. The number of para-hydroxylation sites is 2. The Hall–Kier alpha value is -4.18. The molecule has 0 fully saturated rings. The SMILES string of the molecule is O=C(CCCCCCCCC(=O)c1ccc(Oc2ccccc2)cc1)c1ccc(Oc2ccccc2)cc1. The van der Waals surface area contributed by atoms with Crippen molar-refractivity contribution < 1.29 is 19.1 Å². The van der Waals surface area contributed by atoms with E-state index in [0.717, 1.165) is 72.6 Å². The Balaban J connectivity index is 1.06.